The van der Waals surface area contributed by atoms with Gasteiger partial charge in [0.2, 0.25) is 0 Å². The van der Waals surface area contributed by atoms with Crippen molar-refractivity contribution in [2.24, 2.45) is 0 Å². The molecule has 0 saturated heterocycles. The van der Waals surface area contributed by atoms with Crippen LogP contribution in [0, 0.1) is 0 Å². The molecule has 0 heterocycles. The predicted molar refractivity (Wildman–Crippen MR) is 623 cm³/mol. The summed E-state index contributed by atoms with van der Waals surface area (Å²) in [6.45, 7) is 23.6. The third-order valence-corrected chi connectivity index (χ3v) is 35.1. The van der Waals surface area contributed by atoms with Crippen molar-refractivity contribution in [1.82, 2.24) is 0 Å². The third kappa shape index (κ3) is 17.5. The van der Waals surface area contributed by atoms with Gasteiger partial charge in [-0.1, -0.05) is 433 Å². The minimum atomic E-state index is -0.856. The molecule has 0 N–H and O–H groups in total. The normalized spacial score (nSPS) is 14.3. The number of para-hydroxylation sites is 2. The van der Waals surface area contributed by atoms with Crippen LogP contribution in [0.25, 0.3) is 55.6 Å². The number of hydrogen-bond acceptors (Lipinski definition) is 1. The van der Waals surface area contributed by atoms with Gasteiger partial charge in [-0.2, -0.15) is 0 Å². The second-order valence-electron chi connectivity index (χ2n) is 44.2. The highest BCUT2D eigenvalue weighted by Crippen LogP contribution is 2.70. The molecule has 0 aromatic heterocycles. The molecule has 0 amide bonds. The van der Waals surface area contributed by atoms with Gasteiger partial charge in [0, 0.05) is 22.5 Å². The first kappa shape index (κ1) is 99.3. The number of rotatable bonds is 45. The van der Waals surface area contributed by atoms with Gasteiger partial charge in [0.25, 0.3) is 0 Å². The van der Waals surface area contributed by atoms with Crippen molar-refractivity contribution in [2.75, 3.05) is 4.90 Å². The minimum Gasteiger partial charge on any atom is -0.310 e. The van der Waals surface area contributed by atoms with E-state index in [4.69, 9.17) is 0 Å². The molecule has 21 rings (SSSR count). The quantitative estimate of drug-likeness (QED) is 0.0344. The maximum Gasteiger partial charge on any atom is 0.0714 e. The third-order valence-electron chi connectivity index (χ3n) is 35.1. The molecule has 16 aromatic carbocycles. The molecule has 1 heteroatoms. The Morgan fingerprint density at radius 2 is 0.356 bits per heavy atom. The molecular weight excluding hydrogens is 1760 g/mol. The molecule has 0 unspecified atom stereocenters. The van der Waals surface area contributed by atoms with E-state index in [2.05, 4.69) is 420 Å². The first-order valence-corrected chi connectivity index (χ1v) is 57.6. The highest BCUT2D eigenvalue weighted by atomic mass is 15.1. The summed E-state index contributed by atoms with van der Waals surface area (Å²) in [6.07, 6.45) is 38.7. The first-order chi connectivity index (χ1) is 71.9. The van der Waals surface area contributed by atoms with Crippen LogP contribution in [0.5, 0.6) is 0 Å². The van der Waals surface area contributed by atoms with Crippen molar-refractivity contribution < 1.29 is 0 Å². The zero-order valence-corrected chi connectivity index (χ0v) is 89.4. The molecule has 0 fully saturated rings. The van der Waals surface area contributed by atoms with Crippen molar-refractivity contribution in [2.45, 2.75) is 315 Å². The van der Waals surface area contributed by atoms with Crippen LogP contribution in [0.3, 0.4) is 0 Å². The topological polar surface area (TPSA) is 3.24 Å². The van der Waals surface area contributed by atoms with Crippen molar-refractivity contribution in [1.29, 1.82) is 0 Å². The maximum absolute atomic E-state index is 2.88. The molecule has 0 radical (unpaired) electrons. The molecule has 146 heavy (non-hydrogen) atoms. The molecular formula is C145H155N. The monoisotopic (exact) mass is 1910 g/mol. The average molecular weight is 1910 g/mol. The van der Waals surface area contributed by atoms with Gasteiger partial charge in [-0.3, -0.25) is 0 Å². The van der Waals surface area contributed by atoms with Crippen molar-refractivity contribution in [3.63, 3.8) is 0 Å². The summed E-state index contributed by atoms with van der Waals surface area (Å²) in [7, 11) is 0. The number of anilines is 3. The van der Waals surface area contributed by atoms with Crippen LogP contribution in [0.15, 0.2) is 346 Å². The number of nitrogens with zero attached hydrogens (tertiary/aromatic N) is 1. The Morgan fingerprint density at radius 1 is 0.151 bits per heavy atom. The van der Waals surface area contributed by atoms with Gasteiger partial charge in [-0.05, 0) is 401 Å². The van der Waals surface area contributed by atoms with Gasteiger partial charge in [0.05, 0.1) is 21.7 Å². The van der Waals surface area contributed by atoms with Crippen LogP contribution in [0.4, 0.5) is 17.1 Å². The van der Waals surface area contributed by atoms with Crippen LogP contribution in [-0.4, -0.2) is 0 Å². The summed E-state index contributed by atoms with van der Waals surface area (Å²) in [4.78, 5) is 2.50. The summed E-state index contributed by atoms with van der Waals surface area (Å²) in [5.41, 5.74) is 49.0. The highest BCUT2D eigenvalue weighted by molar-refractivity contribution is 6.02. The largest absolute Gasteiger partial charge is 0.310 e. The summed E-state index contributed by atoms with van der Waals surface area (Å²) < 4.78 is 0. The molecule has 740 valence electrons. The van der Waals surface area contributed by atoms with E-state index in [0.29, 0.717) is 0 Å². The Hall–Kier alpha value is -12.7. The van der Waals surface area contributed by atoms with E-state index in [1.165, 1.54) is 241 Å². The number of aryl methyl sites for hydroxylation is 8. The number of hydrogen-bond donors (Lipinski definition) is 0. The lowest BCUT2D eigenvalue weighted by Gasteiger charge is -2.36. The van der Waals surface area contributed by atoms with E-state index in [1.54, 1.807) is 11.1 Å². The van der Waals surface area contributed by atoms with Crippen molar-refractivity contribution in [3.05, 3.63) is 490 Å². The number of fused-ring (bicyclic) bond motifs is 15. The molecule has 0 bridgehead atoms. The van der Waals surface area contributed by atoms with Crippen LogP contribution in [0.2, 0.25) is 0 Å². The smallest absolute Gasteiger partial charge is 0.0714 e. The van der Waals surface area contributed by atoms with Gasteiger partial charge in [-0.15, -0.1) is 0 Å². The second kappa shape index (κ2) is 43.8. The lowest BCUT2D eigenvalue weighted by atomic mass is 9.65. The molecule has 5 aliphatic carbocycles. The van der Waals surface area contributed by atoms with Gasteiger partial charge >= 0.3 is 0 Å². The van der Waals surface area contributed by atoms with Crippen molar-refractivity contribution in [3.8, 4) is 55.6 Å². The van der Waals surface area contributed by atoms with E-state index in [0.717, 1.165) is 184 Å². The molecule has 16 aromatic rings. The predicted octanol–water partition coefficient (Wildman–Crippen LogP) is 39.6. The number of unbranched alkanes of at least 4 members (excludes halogenated alkanes) is 14. The molecule has 0 spiro atoms. The Kier molecular flexibility index (Phi) is 29.8. The van der Waals surface area contributed by atoms with Gasteiger partial charge < -0.3 is 4.90 Å². The summed E-state index contributed by atoms with van der Waals surface area (Å²) in [5.74, 6) is 0. The van der Waals surface area contributed by atoms with Crippen LogP contribution >= 0.6 is 0 Å². The van der Waals surface area contributed by atoms with Crippen molar-refractivity contribution >= 4 is 17.1 Å². The molecule has 0 atom stereocenters. The van der Waals surface area contributed by atoms with Gasteiger partial charge in [-0.25, -0.2) is 0 Å². The Labute approximate surface area is 876 Å². The van der Waals surface area contributed by atoms with E-state index >= 15 is 0 Å². The molecule has 0 saturated carbocycles. The molecule has 1 nitrogen and oxygen atoms in total. The zero-order valence-electron chi connectivity index (χ0n) is 89.4. The molecule has 0 aliphatic heterocycles. The van der Waals surface area contributed by atoms with Crippen LogP contribution < -0.4 is 4.90 Å². The zero-order chi connectivity index (χ0) is 99.9. The fourth-order valence-electron chi connectivity index (χ4n) is 27.4. The van der Waals surface area contributed by atoms with E-state index in [9.17, 15) is 0 Å². The van der Waals surface area contributed by atoms with Gasteiger partial charge in [0.1, 0.15) is 0 Å². The average Bonchev–Trinajstić information content (AvgIpc) is 1.49. The maximum atomic E-state index is 2.88. The fourth-order valence-corrected chi connectivity index (χ4v) is 27.4. The van der Waals surface area contributed by atoms with E-state index < -0.39 is 21.7 Å². The molecule has 5 aliphatic rings. The first-order valence-electron chi connectivity index (χ1n) is 57.6. The lowest BCUT2D eigenvalue weighted by molar-refractivity contribution is 0.401. The van der Waals surface area contributed by atoms with Crippen LogP contribution in [-0.2, 0) is 78.4 Å². The summed E-state index contributed by atoms with van der Waals surface area (Å²) >= 11 is 0. The van der Waals surface area contributed by atoms with E-state index in [-0.39, 0.29) is 5.41 Å². The lowest BCUT2D eigenvalue weighted by Crippen LogP contribution is -2.30. The fraction of sp³-hybridized carbons (Fsp3) is 0.338. The van der Waals surface area contributed by atoms with Gasteiger partial charge in [0.15, 0.2) is 0 Å². The Morgan fingerprint density at radius 3 is 0.603 bits per heavy atom. The SMILES string of the molecule is CCCCCCC1(CCCCCC)c2ccccc2-c2cc3c(cc21)-c1cc2c(cc1C3(c1ccc(CCCC)cc1)c1ccc(CCCC)cc1)-c1cc3c(cc1C2(c1ccc(CCCC)cc1)c1ccc(CCCC)cc1)-c1cc2c(cc1C3(c1ccc(CCCC)cc1)c1ccc(CCCC)cc1)-c1ccc(N(c3ccccc3)c3ccccc3)cc1C2(c1ccc(CCCC)cc1)c1ccc(CCCC)cc1. The Balaban J connectivity index is 0.929. The van der Waals surface area contributed by atoms with Crippen LogP contribution in [0.1, 0.15) is 381 Å². The number of benzene rings is 16. The standard InChI is InChI=1S/C145H155N/c1-11-21-31-41-91-141(92-42-32-22-12-2)131-56-40-39-55-121(131)123-95-135-125(94-132(123)141)126-98-138-129(99-137(126)143(135,112-77-61-104(62-78-112)45-25-15-5)113-79-63-105(64-80-113)46-26-16-6)130-101-139-128(100-140(130)145(138,116-85-69-108(70-86-116)49-29-19-9)117-87-71-109(72-88-117)50-30-20-10)127-97-134-124(96-136(127)144(139,114-81-65-106(66-82-114)47-27-17-7)115-83-67-107(68-84-115)48-28-18-8)122-90-89-120(146(118-51-35-33-36-52-118)119-53-37-34-38-54-119)93-133(122)142(134,110-73-57-102(58-74-110)43-23-13-3)111-75-59-103(60-76-111)44-24-14-4/h33-40,51-90,93-101H,11-32,41-50,91-92H2,1-10H3. The van der Waals surface area contributed by atoms with E-state index in [1.807, 2.05) is 0 Å². The Bertz CT molecular complexity index is 6950. The highest BCUT2D eigenvalue weighted by Gasteiger charge is 2.58. The minimum absolute atomic E-state index is 0.157. The summed E-state index contributed by atoms with van der Waals surface area (Å²) in [5, 5.41) is 0. The second-order valence-corrected chi connectivity index (χ2v) is 44.2. The summed E-state index contributed by atoms with van der Waals surface area (Å²) in [6, 6.07) is 144.